The smallest absolute Gasteiger partial charge is 0.267 e. The number of thioether (sulfide) groups is 1. The summed E-state index contributed by atoms with van der Waals surface area (Å²) in [6.07, 6.45) is -1.06. The molecule has 0 bridgehead atoms. The highest BCUT2D eigenvalue weighted by molar-refractivity contribution is 7.98. The fourth-order valence-corrected chi connectivity index (χ4v) is 3.88. The Labute approximate surface area is 187 Å². The number of halogens is 3. The van der Waals surface area contributed by atoms with Gasteiger partial charge in [-0.25, -0.2) is 4.68 Å². The van der Waals surface area contributed by atoms with E-state index in [0.29, 0.717) is 22.3 Å². The van der Waals surface area contributed by atoms with Crippen LogP contribution in [0.4, 0.5) is 13.2 Å². The molecule has 0 fully saturated rings. The lowest BCUT2D eigenvalue weighted by Gasteiger charge is -2.14. The van der Waals surface area contributed by atoms with Crippen LogP contribution in [0.3, 0.4) is 0 Å². The molecule has 0 aliphatic rings. The second kappa shape index (κ2) is 9.04. The summed E-state index contributed by atoms with van der Waals surface area (Å²) >= 11 is 1.57. The van der Waals surface area contributed by atoms with E-state index >= 15 is 0 Å². The summed E-state index contributed by atoms with van der Waals surface area (Å²) in [6, 6.07) is 21.8. The summed E-state index contributed by atoms with van der Waals surface area (Å²) in [5.41, 5.74) is 1.38. The van der Waals surface area contributed by atoms with Gasteiger partial charge >= 0.3 is 6.18 Å². The maximum absolute atomic E-state index is 13.5. The summed E-state index contributed by atoms with van der Waals surface area (Å²) in [5.74, 6) is 0. The zero-order valence-electron chi connectivity index (χ0n) is 17.1. The van der Waals surface area contributed by atoms with Gasteiger partial charge in [-0.3, -0.25) is 4.79 Å². The highest BCUT2D eigenvalue weighted by atomic mass is 32.2. The summed E-state index contributed by atoms with van der Waals surface area (Å²) in [7, 11) is 0. The lowest BCUT2D eigenvalue weighted by Crippen LogP contribution is -2.25. The minimum atomic E-state index is -4.48. The van der Waals surface area contributed by atoms with Gasteiger partial charge in [-0.15, -0.1) is 11.8 Å². The average molecular weight is 453 g/mol. The molecular formula is C25H19F3N2OS. The third-order valence-corrected chi connectivity index (χ3v) is 5.84. The molecule has 3 nitrogen and oxygen atoms in total. The molecule has 0 radical (unpaired) electrons. The predicted molar refractivity (Wildman–Crippen MR) is 122 cm³/mol. The Morgan fingerprint density at radius 1 is 0.906 bits per heavy atom. The van der Waals surface area contributed by atoms with Crippen LogP contribution in [0, 0.1) is 0 Å². The van der Waals surface area contributed by atoms with Crippen molar-refractivity contribution in [3.8, 4) is 22.3 Å². The van der Waals surface area contributed by atoms with E-state index in [4.69, 9.17) is 0 Å². The van der Waals surface area contributed by atoms with E-state index in [-0.39, 0.29) is 12.1 Å². The first-order valence-corrected chi connectivity index (χ1v) is 11.1. The van der Waals surface area contributed by atoms with E-state index in [1.807, 2.05) is 60.9 Å². The van der Waals surface area contributed by atoms with Gasteiger partial charge in [-0.05, 0) is 47.2 Å². The number of nitrogens with zero attached hydrogens (tertiary/aromatic N) is 2. The van der Waals surface area contributed by atoms with Crippen LogP contribution >= 0.6 is 11.8 Å². The van der Waals surface area contributed by atoms with Crippen molar-refractivity contribution in [2.24, 2.45) is 0 Å². The van der Waals surface area contributed by atoms with Gasteiger partial charge in [0.25, 0.3) is 5.56 Å². The molecule has 0 aliphatic heterocycles. The SMILES string of the molecule is CSc1ccc(-c2c(-c3cccc(C(F)(F)F)c3)cnn(Cc3ccccc3)c2=O)cc1. The molecule has 0 amide bonds. The Balaban J connectivity index is 1.90. The first-order valence-electron chi connectivity index (χ1n) is 9.83. The van der Waals surface area contributed by atoms with Gasteiger partial charge in [-0.1, -0.05) is 54.6 Å². The topological polar surface area (TPSA) is 34.9 Å². The van der Waals surface area contributed by atoms with Crippen molar-refractivity contribution in [1.82, 2.24) is 9.78 Å². The Hall–Kier alpha value is -3.32. The van der Waals surface area contributed by atoms with Crippen molar-refractivity contribution in [3.05, 3.63) is 107 Å². The number of hydrogen-bond acceptors (Lipinski definition) is 3. The average Bonchev–Trinajstić information content (AvgIpc) is 2.80. The van der Waals surface area contributed by atoms with E-state index in [1.54, 1.807) is 17.8 Å². The Morgan fingerprint density at radius 3 is 2.28 bits per heavy atom. The van der Waals surface area contributed by atoms with Crippen molar-refractivity contribution in [2.75, 3.05) is 6.26 Å². The van der Waals surface area contributed by atoms with Crippen LogP contribution in [-0.2, 0) is 12.7 Å². The van der Waals surface area contributed by atoms with Crippen LogP contribution < -0.4 is 5.56 Å². The van der Waals surface area contributed by atoms with Crippen molar-refractivity contribution in [2.45, 2.75) is 17.6 Å². The summed E-state index contributed by atoms with van der Waals surface area (Å²) in [4.78, 5) is 14.5. The van der Waals surface area contributed by atoms with Crippen molar-refractivity contribution in [3.63, 3.8) is 0 Å². The van der Waals surface area contributed by atoms with E-state index in [2.05, 4.69) is 5.10 Å². The van der Waals surface area contributed by atoms with Crippen LogP contribution in [-0.4, -0.2) is 16.0 Å². The molecule has 0 N–H and O–H groups in total. The highest BCUT2D eigenvalue weighted by Gasteiger charge is 2.30. The number of rotatable bonds is 5. The molecule has 0 unspecified atom stereocenters. The molecule has 4 aromatic rings. The minimum absolute atomic E-state index is 0.262. The molecule has 32 heavy (non-hydrogen) atoms. The molecule has 0 aliphatic carbocycles. The maximum Gasteiger partial charge on any atom is 0.416 e. The quantitative estimate of drug-likeness (QED) is 0.330. The summed E-state index contributed by atoms with van der Waals surface area (Å²) in [5, 5.41) is 4.28. The molecule has 0 atom stereocenters. The highest BCUT2D eigenvalue weighted by Crippen LogP contribution is 2.35. The fraction of sp³-hybridized carbons (Fsp3) is 0.120. The van der Waals surface area contributed by atoms with Gasteiger partial charge < -0.3 is 0 Å². The lowest BCUT2D eigenvalue weighted by molar-refractivity contribution is -0.137. The Bertz CT molecular complexity index is 1280. The van der Waals surface area contributed by atoms with Crippen LogP contribution in [0.25, 0.3) is 22.3 Å². The van der Waals surface area contributed by atoms with Crippen LogP contribution in [0.5, 0.6) is 0 Å². The van der Waals surface area contributed by atoms with Crippen LogP contribution in [0.2, 0.25) is 0 Å². The number of aromatic nitrogens is 2. The first kappa shape index (κ1) is 21.9. The molecule has 3 aromatic carbocycles. The number of hydrogen-bond donors (Lipinski definition) is 0. The number of alkyl halides is 3. The molecule has 0 saturated carbocycles. The zero-order chi connectivity index (χ0) is 22.7. The Kier molecular flexibility index (Phi) is 6.19. The van der Waals surface area contributed by atoms with Crippen LogP contribution in [0.1, 0.15) is 11.1 Å². The molecular weight excluding hydrogens is 433 g/mol. The molecule has 162 valence electrons. The van der Waals surface area contributed by atoms with Gasteiger partial charge in [0.1, 0.15) is 0 Å². The largest absolute Gasteiger partial charge is 0.416 e. The second-order valence-corrected chi connectivity index (χ2v) is 8.07. The van der Waals surface area contributed by atoms with Crippen molar-refractivity contribution >= 4 is 11.8 Å². The normalized spacial score (nSPS) is 11.5. The second-order valence-electron chi connectivity index (χ2n) is 7.19. The first-order chi connectivity index (χ1) is 15.4. The summed E-state index contributed by atoms with van der Waals surface area (Å²) < 4.78 is 41.2. The van der Waals surface area contributed by atoms with Gasteiger partial charge in [-0.2, -0.15) is 18.3 Å². The standard InChI is InChI=1S/C25H19F3N2OS/c1-32-21-12-10-18(11-13-21)23-22(19-8-5-9-20(14-19)25(26,27)28)15-29-30(24(23)31)16-17-6-3-2-4-7-17/h2-15H,16H2,1H3. The molecule has 0 spiro atoms. The van der Waals surface area contributed by atoms with Gasteiger partial charge in [0.05, 0.1) is 23.9 Å². The van der Waals surface area contributed by atoms with E-state index in [1.165, 1.54) is 16.9 Å². The summed E-state index contributed by atoms with van der Waals surface area (Å²) in [6.45, 7) is 0.262. The molecule has 1 heterocycles. The molecule has 0 saturated heterocycles. The third-order valence-electron chi connectivity index (χ3n) is 5.10. The van der Waals surface area contributed by atoms with E-state index in [9.17, 15) is 18.0 Å². The third kappa shape index (κ3) is 4.62. The molecule has 1 aromatic heterocycles. The maximum atomic E-state index is 13.5. The van der Waals surface area contributed by atoms with E-state index in [0.717, 1.165) is 22.6 Å². The predicted octanol–water partition coefficient (Wildman–Crippen LogP) is 6.37. The van der Waals surface area contributed by atoms with Crippen molar-refractivity contribution in [1.29, 1.82) is 0 Å². The molecule has 7 heteroatoms. The monoisotopic (exact) mass is 452 g/mol. The van der Waals surface area contributed by atoms with Crippen molar-refractivity contribution < 1.29 is 13.2 Å². The minimum Gasteiger partial charge on any atom is -0.267 e. The van der Waals surface area contributed by atoms with Crippen LogP contribution in [0.15, 0.2) is 94.7 Å². The lowest BCUT2D eigenvalue weighted by atomic mass is 9.96. The van der Waals surface area contributed by atoms with E-state index < -0.39 is 11.7 Å². The Morgan fingerprint density at radius 2 is 1.62 bits per heavy atom. The van der Waals surface area contributed by atoms with Gasteiger partial charge in [0.15, 0.2) is 0 Å². The van der Waals surface area contributed by atoms with Gasteiger partial charge in [0.2, 0.25) is 0 Å². The van der Waals surface area contributed by atoms with Gasteiger partial charge in [0, 0.05) is 10.5 Å². The fourth-order valence-electron chi connectivity index (χ4n) is 3.48. The number of benzene rings is 3. The molecule has 4 rings (SSSR count). The zero-order valence-corrected chi connectivity index (χ0v) is 18.0.